The van der Waals surface area contributed by atoms with Crippen LogP contribution in [-0.4, -0.2) is 32.7 Å². The molecule has 3 aromatic heterocycles. The lowest BCUT2D eigenvalue weighted by molar-refractivity contribution is 0.0591. The van der Waals surface area contributed by atoms with E-state index >= 15 is 0 Å². The van der Waals surface area contributed by atoms with E-state index in [4.69, 9.17) is 4.74 Å². The second-order valence-electron chi connectivity index (χ2n) is 6.41. The molecule has 0 aliphatic carbocycles. The Morgan fingerprint density at radius 3 is 2.62 bits per heavy atom. The predicted molar refractivity (Wildman–Crippen MR) is 108 cm³/mol. The maximum Gasteiger partial charge on any atom is 0.360 e. The van der Waals surface area contributed by atoms with Gasteiger partial charge in [0.2, 0.25) is 0 Å². The first kappa shape index (κ1) is 18.4. The van der Waals surface area contributed by atoms with Gasteiger partial charge in [0, 0.05) is 29.5 Å². The molecule has 0 fully saturated rings. The Morgan fingerprint density at radius 2 is 1.93 bits per heavy atom. The minimum Gasteiger partial charge on any atom is -0.505 e. The highest BCUT2D eigenvalue weighted by atomic mass is 16.5. The molecule has 1 N–H and O–H groups in total. The topological polar surface area (TPSA) is 94.3 Å². The summed E-state index contributed by atoms with van der Waals surface area (Å²) in [6, 6.07) is 14.6. The number of nitrogens with zero attached hydrogens (tertiary/aromatic N) is 3. The molecule has 144 valence electrons. The van der Waals surface area contributed by atoms with Crippen LogP contribution < -0.4 is 5.56 Å². The molecule has 4 aromatic rings. The number of aromatic hydroxyl groups is 1. The monoisotopic (exact) mass is 387 g/mol. The fraction of sp³-hybridized carbons (Fsp3) is 0.0909. The zero-order valence-corrected chi connectivity index (χ0v) is 15.6. The lowest BCUT2D eigenvalue weighted by Gasteiger charge is -2.13. The standard InChI is InChI=1S/C22H17N3O4/c1-29-22(28)19-20(26)16-9-11-25(13-14-6-3-2-4-7-14)21(27)17(16)18(24-19)15-8-5-10-23-12-15/h2-12,26H,13H2,1H3. The Balaban J connectivity index is 2.01. The van der Waals surface area contributed by atoms with E-state index in [2.05, 4.69) is 9.97 Å². The minimum atomic E-state index is -0.789. The summed E-state index contributed by atoms with van der Waals surface area (Å²) in [6.45, 7) is 0.363. The number of pyridine rings is 3. The summed E-state index contributed by atoms with van der Waals surface area (Å²) in [5, 5.41) is 11.0. The van der Waals surface area contributed by atoms with Gasteiger partial charge in [0.1, 0.15) is 0 Å². The number of rotatable bonds is 4. The van der Waals surface area contributed by atoms with E-state index in [1.54, 1.807) is 36.8 Å². The summed E-state index contributed by atoms with van der Waals surface area (Å²) >= 11 is 0. The van der Waals surface area contributed by atoms with Gasteiger partial charge in [0.25, 0.3) is 5.56 Å². The lowest BCUT2D eigenvalue weighted by Crippen LogP contribution is -2.21. The lowest BCUT2D eigenvalue weighted by atomic mass is 10.0. The van der Waals surface area contributed by atoms with Gasteiger partial charge in [-0.1, -0.05) is 30.3 Å². The van der Waals surface area contributed by atoms with E-state index in [0.29, 0.717) is 12.1 Å². The van der Waals surface area contributed by atoms with Gasteiger partial charge >= 0.3 is 5.97 Å². The van der Waals surface area contributed by atoms with Gasteiger partial charge in [-0.3, -0.25) is 9.78 Å². The van der Waals surface area contributed by atoms with E-state index in [9.17, 15) is 14.7 Å². The summed E-state index contributed by atoms with van der Waals surface area (Å²) in [4.78, 5) is 33.8. The molecule has 7 nitrogen and oxygen atoms in total. The van der Waals surface area contributed by atoms with E-state index in [-0.39, 0.29) is 33.5 Å². The van der Waals surface area contributed by atoms with Crippen LogP contribution in [0.25, 0.3) is 22.0 Å². The molecule has 0 bridgehead atoms. The van der Waals surface area contributed by atoms with Crippen molar-refractivity contribution in [3.05, 3.63) is 88.7 Å². The van der Waals surface area contributed by atoms with Gasteiger partial charge in [-0.05, 0) is 23.8 Å². The molecule has 1 aromatic carbocycles. The Bertz CT molecular complexity index is 1250. The molecule has 7 heteroatoms. The average Bonchev–Trinajstić information content (AvgIpc) is 2.77. The number of aromatic nitrogens is 3. The molecule has 0 aliphatic rings. The molecule has 0 saturated carbocycles. The molecule has 0 radical (unpaired) electrons. The van der Waals surface area contributed by atoms with Crippen molar-refractivity contribution in [1.82, 2.24) is 14.5 Å². The van der Waals surface area contributed by atoms with Crippen molar-refractivity contribution >= 4 is 16.7 Å². The third-order valence-corrected chi connectivity index (χ3v) is 4.61. The highest BCUT2D eigenvalue weighted by Gasteiger charge is 2.23. The highest BCUT2D eigenvalue weighted by molar-refractivity contribution is 6.04. The predicted octanol–water partition coefficient (Wildman–Crippen LogP) is 3.00. The first-order valence-electron chi connectivity index (χ1n) is 8.89. The molecular weight excluding hydrogens is 370 g/mol. The van der Waals surface area contributed by atoms with Crippen LogP contribution in [0.2, 0.25) is 0 Å². The number of hydrogen-bond acceptors (Lipinski definition) is 6. The highest BCUT2D eigenvalue weighted by Crippen LogP contribution is 2.32. The number of hydrogen-bond donors (Lipinski definition) is 1. The van der Waals surface area contributed by atoms with E-state index < -0.39 is 5.97 Å². The SMILES string of the molecule is COC(=O)c1nc(-c2cccnc2)c2c(=O)n(Cc3ccccc3)ccc2c1O. The van der Waals surface area contributed by atoms with E-state index in [1.165, 1.54) is 11.7 Å². The largest absolute Gasteiger partial charge is 0.505 e. The fourth-order valence-corrected chi connectivity index (χ4v) is 3.20. The van der Waals surface area contributed by atoms with Crippen LogP contribution in [0.1, 0.15) is 16.1 Å². The van der Waals surface area contributed by atoms with Crippen LogP contribution in [0.15, 0.2) is 71.9 Å². The van der Waals surface area contributed by atoms with Crippen molar-refractivity contribution in [3.63, 3.8) is 0 Å². The zero-order valence-electron chi connectivity index (χ0n) is 15.6. The van der Waals surface area contributed by atoms with Crippen molar-refractivity contribution in [1.29, 1.82) is 0 Å². The Morgan fingerprint density at radius 1 is 1.14 bits per heavy atom. The first-order valence-corrected chi connectivity index (χ1v) is 8.89. The molecular formula is C22H17N3O4. The molecule has 3 heterocycles. The summed E-state index contributed by atoms with van der Waals surface area (Å²) in [5.41, 5.74) is 1.19. The van der Waals surface area contributed by atoms with Crippen molar-refractivity contribution < 1.29 is 14.6 Å². The Hall–Kier alpha value is -4.00. The molecule has 0 aliphatic heterocycles. The summed E-state index contributed by atoms with van der Waals surface area (Å²) in [5.74, 6) is -1.17. The third kappa shape index (κ3) is 3.34. The summed E-state index contributed by atoms with van der Waals surface area (Å²) in [7, 11) is 1.20. The van der Waals surface area contributed by atoms with E-state index in [1.807, 2.05) is 30.3 Å². The van der Waals surface area contributed by atoms with Crippen LogP contribution in [0, 0.1) is 0 Å². The normalized spacial score (nSPS) is 10.8. The Labute approximate surface area is 165 Å². The van der Waals surface area contributed by atoms with Crippen LogP contribution >= 0.6 is 0 Å². The van der Waals surface area contributed by atoms with Gasteiger partial charge in [-0.25, -0.2) is 9.78 Å². The fourth-order valence-electron chi connectivity index (χ4n) is 3.20. The van der Waals surface area contributed by atoms with Gasteiger partial charge in [0.05, 0.1) is 24.7 Å². The van der Waals surface area contributed by atoms with Crippen LogP contribution in [0.4, 0.5) is 0 Å². The number of methoxy groups -OCH3 is 1. The third-order valence-electron chi connectivity index (χ3n) is 4.61. The molecule has 4 rings (SSSR count). The smallest absolute Gasteiger partial charge is 0.360 e. The second-order valence-corrected chi connectivity index (χ2v) is 6.41. The molecule has 0 atom stereocenters. The van der Waals surface area contributed by atoms with Gasteiger partial charge in [-0.15, -0.1) is 0 Å². The van der Waals surface area contributed by atoms with Crippen molar-refractivity contribution in [2.75, 3.05) is 7.11 Å². The number of carbonyl (C=O) groups is 1. The molecule has 0 spiro atoms. The molecule has 0 amide bonds. The maximum atomic E-state index is 13.3. The van der Waals surface area contributed by atoms with Gasteiger partial charge < -0.3 is 14.4 Å². The number of esters is 1. The number of ether oxygens (including phenoxy) is 1. The number of fused-ring (bicyclic) bond motifs is 1. The van der Waals surface area contributed by atoms with Gasteiger partial charge in [-0.2, -0.15) is 0 Å². The summed E-state index contributed by atoms with van der Waals surface area (Å²) < 4.78 is 6.27. The number of benzene rings is 1. The van der Waals surface area contributed by atoms with Gasteiger partial charge in [0.15, 0.2) is 11.4 Å². The first-order chi connectivity index (χ1) is 14.1. The summed E-state index contributed by atoms with van der Waals surface area (Å²) in [6.07, 6.45) is 4.74. The van der Waals surface area contributed by atoms with Crippen LogP contribution in [0.3, 0.4) is 0 Å². The molecule has 0 unspecified atom stereocenters. The van der Waals surface area contributed by atoms with Crippen LogP contribution in [0.5, 0.6) is 5.75 Å². The minimum absolute atomic E-state index is 0.210. The van der Waals surface area contributed by atoms with Crippen molar-refractivity contribution in [2.24, 2.45) is 0 Å². The second kappa shape index (κ2) is 7.55. The average molecular weight is 387 g/mol. The van der Waals surface area contributed by atoms with Crippen molar-refractivity contribution in [3.8, 4) is 17.0 Å². The Kier molecular flexibility index (Phi) is 4.78. The molecule has 29 heavy (non-hydrogen) atoms. The van der Waals surface area contributed by atoms with Crippen LogP contribution in [-0.2, 0) is 11.3 Å². The van der Waals surface area contributed by atoms with Crippen molar-refractivity contribution in [2.45, 2.75) is 6.54 Å². The maximum absolute atomic E-state index is 13.3. The molecule has 0 saturated heterocycles. The number of carbonyl (C=O) groups excluding carboxylic acids is 1. The van der Waals surface area contributed by atoms with E-state index in [0.717, 1.165) is 5.56 Å². The quantitative estimate of drug-likeness (QED) is 0.541. The zero-order chi connectivity index (χ0) is 20.4.